The van der Waals surface area contributed by atoms with Crippen molar-refractivity contribution in [1.29, 1.82) is 5.41 Å². The highest BCUT2D eigenvalue weighted by molar-refractivity contribution is 7.19. The predicted molar refractivity (Wildman–Crippen MR) is 113 cm³/mol. The predicted octanol–water partition coefficient (Wildman–Crippen LogP) is 3.39. The minimum Gasteiger partial charge on any atom is -0.510 e. The Labute approximate surface area is 175 Å². The van der Waals surface area contributed by atoms with E-state index in [1.54, 1.807) is 17.0 Å². The van der Waals surface area contributed by atoms with Gasteiger partial charge in [0.05, 0.1) is 35.0 Å². The molecule has 0 bridgehead atoms. The number of nitrogens with one attached hydrogen (secondary N) is 1. The van der Waals surface area contributed by atoms with E-state index in [-0.39, 0.29) is 23.7 Å². The summed E-state index contributed by atoms with van der Waals surface area (Å²) >= 11 is 1.42. The van der Waals surface area contributed by atoms with Crippen LogP contribution in [-0.4, -0.2) is 48.1 Å². The van der Waals surface area contributed by atoms with Gasteiger partial charge in [-0.3, -0.25) is 5.41 Å². The maximum atomic E-state index is 12.0. The first-order valence-electron chi connectivity index (χ1n) is 8.96. The average Bonchev–Trinajstić information content (AvgIpc) is 3.31. The Morgan fingerprint density at radius 2 is 1.93 bits per heavy atom. The third-order valence-electron chi connectivity index (χ3n) is 4.57. The van der Waals surface area contributed by atoms with Gasteiger partial charge in [0.2, 0.25) is 0 Å². The van der Waals surface area contributed by atoms with Crippen molar-refractivity contribution < 1.29 is 24.2 Å². The first kappa shape index (κ1) is 19.6. The van der Waals surface area contributed by atoms with Gasteiger partial charge in [-0.1, -0.05) is 12.1 Å². The number of fused-ring (bicyclic) bond motifs is 1. The molecule has 1 aliphatic rings. The Kier molecular flexibility index (Phi) is 5.20. The highest BCUT2D eigenvalue weighted by Crippen LogP contribution is 2.35. The van der Waals surface area contributed by atoms with E-state index in [9.17, 15) is 14.7 Å². The molecule has 152 valence electrons. The van der Waals surface area contributed by atoms with Crippen LogP contribution in [0.1, 0.15) is 15.4 Å². The first-order valence-corrected chi connectivity index (χ1v) is 9.78. The van der Waals surface area contributed by atoms with Crippen LogP contribution in [0.25, 0.3) is 15.8 Å². The lowest BCUT2D eigenvalue weighted by Crippen LogP contribution is -2.26. The number of carbonyl (C=O) groups is 2. The minimum absolute atomic E-state index is 0.0700. The van der Waals surface area contributed by atoms with E-state index in [2.05, 4.69) is 9.72 Å². The van der Waals surface area contributed by atoms with Crippen LogP contribution in [0.5, 0.6) is 0 Å². The molecule has 1 aromatic heterocycles. The zero-order valence-corrected chi connectivity index (χ0v) is 16.7. The maximum Gasteiger partial charge on any atom is 0.344 e. The summed E-state index contributed by atoms with van der Waals surface area (Å²) in [5, 5.41) is 19.6. The van der Waals surface area contributed by atoms with Crippen molar-refractivity contribution in [2.75, 3.05) is 25.2 Å². The Morgan fingerprint density at radius 3 is 2.63 bits per heavy atom. The number of hydrogen-bond acceptors (Lipinski definition) is 8. The summed E-state index contributed by atoms with van der Waals surface area (Å²) in [4.78, 5) is 29.2. The van der Waals surface area contributed by atoms with Crippen LogP contribution in [0, 0.1) is 5.41 Å². The van der Waals surface area contributed by atoms with Crippen molar-refractivity contribution in [3.05, 3.63) is 64.9 Å². The first-order chi connectivity index (χ1) is 14.5. The van der Waals surface area contributed by atoms with Crippen LogP contribution in [0.3, 0.4) is 0 Å². The van der Waals surface area contributed by atoms with Gasteiger partial charge in [0, 0.05) is 5.69 Å². The number of anilines is 1. The number of rotatable bonds is 5. The maximum absolute atomic E-state index is 12.0. The molecule has 0 fully saturated rings. The molecule has 3 aromatic rings. The second-order valence-electron chi connectivity index (χ2n) is 6.44. The summed E-state index contributed by atoms with van der Waals surface area (Å²) in [5.41, 5.74) is 2.11. The van der Waals surface area contributed by atoms with Crippen molar-refractivity contribution in [1.82, 2.24) is 4.98 Å². The number of aliphatic hydroxyl groups is 1. The number of amidine groups is 1. The molecular weight excluding hydrogens is 406 g/mol. The van der Waals surface area contributed by atoms with Crippen LogP contribution >= 0.6 is 11.3 Å². The lowest BCUT2D eigenvalue weighted by molar-refractivity contribution is -0.144. The summed E-state index contributed by atoms with van der Waals surface area (Å²) in [6.07, 6.45) is 0. The molecule has 0 radical (unpaired) electrons. The van der Waals surface area contributed by atoms with Crippen LogP contribution in [-0.2, 0) is 14.3 Å². The molecule has 2 heterocycles. The van der Waals surface area contributed by atoms with E-state index >= 15 is 0 Å². The van der Waals surface area contributed by atoms with E-state index in [0.717, 1.165) is 10.2 Å². The minimum atomic E-state index is -0.653. The van der Waals surface area contributed by atoms with Crippen molar-refractivity contribution in [3.63, 3.8) is 0 Å². The molecule has 4 rings (SSSR count). The number of nitrogens with zero attached hydrogens (tertiary/aromatic N) is 2. The number of methoxy groups -OCH3 is 1. The molecule has 0 atom stereocenters. The van der Waals surface area contributed by atoms with Gasteiger partial charge in [0.25, 0.3) is 0 Å². The van der Waals surface area contributed by atoms with Gasteiger partial charge in [0.1, 0.15) is 16.6 Å². The summed E-state index contributed by atoms with van der Waals surface area (Å²) in [6.45, 7) is -0.326. The van der Waals surface area contributed by atoms with Gasteiger partial charge in [-0.25, -0.2) is 14.6 Å². The smallest absolute Gasteiger partial charge is 0.344 e. The zero-order valence-electron chi connectivity index (χ0n) is 15.9. The molecule has 9 heteroatoms. The Bertz CT molecular complexity index is 1150. The number of aromatic nitrogens is 1. The summed E-state index contributed by atoms with van der Waals surface area (Å²) < 4.78 is 10.3. The van der Waals surface area contributed by atoms with Crippen LogP contribution in [0.2, 0.25) is 0 Å². The van der Waals surface area contributed by atoms with E-state index in [1.165, 1.54) is 30.6 Å². The fourth-order valence-corrected chi connectivity index (χ4v) is 4.08. The molecule has 0 spiro atoms. The monoisotopic (exact) mass is 423 g/mol. The number of ether oxygens (including phenoxy) is 2. The second-order valence-corrected chi connectivity index (χ2v) is 7.47. The van der Waals surface area contributed by atoms with Crippen LogP contribution in [0.15, 0.2) is 54.3 Å². The molecule has 2 N–H and O–H groups in total. The third-order valence-corrected chi connectivity index (χ3v) is 5.63. The van der Waals surface area contributed by atoms with Crippen molar-refractivity contribution in [3.8, 4) is 0 Å². The molecular formula is C21H17N3O5S. The molecule has 2 aromatic carbocycles. The molecule has 0 amide bonds. The number of benzene rings is 2. The highest BCUT2D eigenvalue weighted by Gasteiger charge is 2.31. The molecule has 0 unspecified atom stereocenters. The molecule has 0 aliphatic carbocycles. The van der Waals surface area contributed by atoms with E-state index in [0.29, 0.717) is 16.3 Å². The van der Waals surface area contributed by atoms with E-state index in [1.807, 2.05) is 24.3 Å². The van der Waals surface area contributed by atoms with E-state index in [4.69, 9.17) is 10.1 Å². The van der Waals surface area contributed by atoms with Crippen molar-refractivity contribution in [2.45, 2.75) is 0 Å². The van der Waals surface area contributed by atoms with Crippen molar-refractivity contribution in [2.24, 2.45) is 0 Å². The summed E-state index contributed by atoms with van der Waals surface area (Å²) in [7, 11) is 1.21. The Balaban J connectivity index is 1.51. The van der Waals surface area contributed by atoms with Crippen molar-refractivity contribution >= 4 is 50.6 Å². The van der Waals surface area contributed by atoms with Gasteiger partial charge < -0.3 is 19.5 Å². The van der Waals surface area contributed by atoms with Gasteiger partial charge in [-0.05, 0) is 36.4 Å². The van der Waals surface area contributed by atoms with E-state index < -0.39 is 18.5 Å². The Morgan fingerprint density at radius 1 is 1.20 bits per heavy atom. The fourth-order valence-electron chi connectivity index (χ4n) is 3.05. The number of aliphatic hydroxyl groups excluding tert-OH is 1. The van der Waals surface area contributed by atoms with Crippen LogP contribution < -0.4 is 4.90 Å². The molecule has 1 aliphatic heterocycles. The van der Waals surface area contributed by atoms with Crippen LogP contribution in [0.4, 0.5) is 5.69 Å². The highest BCUT2D eigenvalue weighted by atomic mass is 32.1. The third kappa shape index (κ3) is 3.62. The SMILES string of the molecule is COC(=O)COC(=O)c1ccc(N2CC(O)=C(c3nc4ccccc4s3)C2=N)cc1. The van der Waals surface area contributed by atoms with Gasteiger partial charge in [-0.15, -0.1) is 11.3 Å². The quantitative estimate of drug-likeness (QED) is 0.605. The molecule has 30 heavy (non-hydrogen) atoms. The molecule has 8 nitrogen and oxygen atoms in total. The van der Waals surface area contributed by atoms with Gasteiger partial charge >= 0.3 is 11.9 Å². The molecule has 0 saturated carbocycles. The average molecular weight is 423 g/mol. The summed E-state index contributed by atoms with van der Waals surface area (Å²) in [5.74, 6) is -1.10. The molecule has 0 saturated heterocycles. The lowest BCUT2D eigenvalue weighted by Gasteiger charge is -2.18. The number of hydrogen-bond donors (Lipinski definition) is 2. The lowest BCUT2D eigenvalue weighted by atomic mass is 10.2. The largest absolute Gasteiger partial charge is 0.510 e. The number of para-hydroxylation sites is 1. The fraction of sp³-hybridized carbons (Fsp3) is 0.143. The second kappa shape index (κ2) is 7.96. The number of thiazole rings is 1. The zero-order chi connectivity index (χ0) is 21.3. The standard InChI is InChI=1S/C21H17N3O5S/c1-28-17(26)11-29-21(27)12-6-8-13(9-7-12)24-10-15(25)18(19(24)22)20-23-14-4-2-3-5-16(14)30-20/h2-9,22,25H,10-11H2,1H3. The number of esters is 2. The van der Waals surface area contributed by atoms with Gasteiger partial charge in [0.15, 0.2) is 6.61 Å². The number of carbonyl (C=O) groups excluding carboxylic acids is 2. The normalized spacial score (nSPS) is 13.8. The summed E-state index contributed by atoms with van der Waals surface area (Å²) in [6, 6.07) is 14.0. The van der Waals surface area contributed by atoms with Gasteiger partial charge in [-0.2, -0.15) is 0 Å². The Hall–Kier alpha value is -3.72. The topological polar surface area (TPSA) is 113 Å².